The summed E-state index contributed by atoms with van der Waals surface area (Å²) in [4.78, 5) is 47.3. The Labute approximate surface area is 692 Å². The molecule has 6 aromatic carbocycles. The molecule has 115 heavy (non-hydrogen) atoms. The number of hydrogen-bond donors (Lipinski definition) is 1. The van der Waals surface area contributed by atoms with E-state index in [9.17, 15) is 9.59 Å². The summed E-state index contributed by atoms with van der Waals surface area (Å²) in [7, 11) is -1.65. The molecule has 20 heteroatoms. The van der Waals surface area contributed by atoms with Crippen molar-refractivity contribution in [2.75, 3.05) is 70.6 Å². The third-order valence-corrected chi connectivity index (χ3v) is 26.5. The van der Waals surface area contributed by atoms with Crippen LogP contribution in [-0.4, -0.2) is 131 Å². The Balaban J connectivity index is 0.000000151. The number of pyridine rings is 4. The van der Waals surface area contributed by atoms with Crippen LogP contribution in [0.1, 0.15) is 142 Å². The summed E-state index contributed by atoms with van der Waals surface area (Å²) in [6.45, 7) is 25.7. The number of piperidine rings is 2. The van der Waals surface area contributed by atoms with Crippen molar-refractivity contribution in [2.24, 2.45) is 11.8 Å². The van der Waals surface area contributed by atoms with E-state index in [4.69, 9.17) is 33.2 Å². The first kappa shape index (κ1) is 85.3. The summed E-state index contributed by atoms with van der Waals surface area (Å²) < 4.78 is 42.5. The monoisotopic (exact) mass is 1650 g/mol. The number of nitrogens with zero attached hydrogens (tertiary/aromatic N) is 7. The molecule has 1 N–H and O–H groups in total. The molecule has 10 aromatic rings. The number of fused-ring (bicyclic) bond motifs is 2. The highest BCUT2D eigenvalue weighted by Gasteiger charge is 2.40. The molecule has 4 fully saturated rings. The Hall–Kier alpha value is -9.12. The minimum atomic E-state index is -0.824. The van der Waals surface area contributed by atoms with Gasteiger partial charge in [0.05, 0.1) is 49.6 Å². The normalized spacial score (nSPS) is 16.6. The van der Waals surface area contributed by atoms with Gasteiger partial charge in [0.25, 0.3) is 0 Å². The van der Waals surface area contributed by atoms with E-state index in [1.165, 1.54) is 75.3 Å². The van der Waals surface area contributed by atoms with Gasteiger partial charge in [0.2, 0.25) is 0 Å². The molecule has 5 aliphatic heterocycles. The van der Waals surface area contributed by atoms with E-state index in [1.54, 1.807) is 40.8 Å². The van der Waals surface area contributed by atoms with Crippen LogP contribution in [0, 0.1) is 11.8 Å². The third kappa shape index (κ3) is 25.0. The van der Waals surface area contributed by atoms with Gasteiger partial charge in [-0.1, -0.05) is 184 Å². The van der Waals surface area contributed by atoms with E-state index in [0.717, 1.165) is 122 Å². The van der Waals surface area contributed by atoms with Crippen molar-refractivity contribution < 1.29 is 42.7 Å². The quantitative estimate of drug-likeness (QED) is 0.0473. The average molecular weight is 1650 g/mol. The number of aromatic nitrogens is 4. The first-order valence-electron chi connectivity index (χ1n) is 40.7. The maximum absolute atomic E-state index is 12.5. The lowest BCUT2D eigenvalue weighted by molar-refractivity contribution is 0.0177. The van der Waals surface area contributed by atoms with Gasteiger partial charge < -0.3 is 53.2 Å². The van der Waals surface area contributed by atoms with Gasteiger partial charge in [-0.05, 0) is 213 Å². The maximum atomic E-state index is 12.5. The predicted octanol–water partition coefficient (Wildman–Crippen LogP) is 18.3. The molecule has 2 atom stereocenters. The van der Waals surface area contributed by atoms with E-state index in [2.05, 4.69) is 230 Å². The lowest BCUT2D eigenvalue weighted by Crippen LogP contribution is -2.42. The van der Waals surface area contributed by atoms with Gasteiger partial charge in [-0.2, -0.15) is 0 Å². The van der Waals surface area contributed by atoms with E-state index >= 15 is 0 Å². The molecular weight excluding hydrogens is 1540 g/mol. The van der Waals surface area contributed by atoms with Crippen LogP contribution in [0.2, 0.25) is 0 Å². The Morgan fingerprint density at radius 1 is 0.487 bits per heavy atom. The van der Waals surface area contributed by atoms with E-state index in [0.29, 0.717) is 44.6 Å². The van der Waals surface area contributed by atoms with Crippen LogP contribution < -0.4 is 56.3 Å². The fourth-order valence-electron chi connectivity index (χ4n) is 15.2. The standard InChI is InChI=1S/C39H32OP2.C28H40N4O4.C15H21BrN2O3.C13H20N2O/c1-39(2)33-25-15-27-35(41(29-17-7-3-8-18-29)30-19-9-4-10-20-30)37(33)40-38-34(39)26-16-28-36(38)42(31-21-11-5-12-22-31)32-23-13-6-14-24-32;1-28(2,3)36-27(33)32-12-5-7-24(32)21-35-26-16-25(18-30-19-26)31-13-8-22(9-14-31)10-15-34-20-23-6-4-11-29-17-23;1-15(2,3)21-14(19)18-6-4-5-12(18)10-20-13-7-11(16)8-17-9-13;1-2-13(10-15-6-1)11-16-9-5-12-3-7-14-8-4-12/h3-28H,1-2H3;4,6,11,16-19,22,24H,5,7-10,12-15,20-21H2,1-3H3;7-9,12H,4-6,10H2,1-3H3;1-2,6,10,12,14H,3-5,7-9,11H2/t;24-;12-;/m.00./s1. The number of anilines is 1. The summed E-state index contributed by atoms with van der Waals surface area (Å²) in [5.74, 6) is 5.00. The summed E-state index contributed by atoms with van der Waals surface area (Å²) in [6, 6.07) is 69.2. The number of para-hydroxylation sites is 2. The van der Waals surface area contributed by atoms with Crippen LogP contribution >= 0.6 is 31.8 Å². The zero-order valence-electron chi connectivity index (χ0n) is 68.0. The highest BCUT2D eigenvalue weighted by atomic mass is 79.9. The van der Waals surface area contributed by atoms with Crippen LogP contribution in [0.15, 0.2) is 248 Å². The average Bonchev–Trinajstić information content (AvgIpc) is 1.06. The van der Waals surface area contributed by atoms with Crippen LogP contribution in [0.5, 0.6) is 23.0 Å². The molecule has 0 bridgehead atoms. The molecular formula is C95H113BrN8O9P2. The number of nitrogens with one attached hydrogen (secondary N) is 1. The van der Waals surface area contributed by atoms with E-state index in [1.807, 2.05) is 84.4 Å². The molecule has 0 spiro atoms. The number of benzene rings is 6. The van der Waals surface area contributed by atoms with Crippen molar-refractivity contribution in [3.63, 3.8) is 0 Å². The van der Waals surface area contributed by atoms with Crippen LogP contribution in [0.25, 0.3) is 0 Å². The molecule has 0 radical (unpaired) electrons. The third-order valence-electron chi connectivity index (χ3n) is 21.1. The largest absolute Gasteiger partial charge is 0.490 e. The molecule has 4 saturated heterocycles. The SMILES string of the molecule is CC(C)(C)OC(=O)N1CCC[C@H]1COc1cncc(Br)c1.CC(C)(C)OC(=O)N1CCC[C@H]1COc1cncc(N2CCC(CCOCc3cccnc3)CC2)c1.CC1(C)c2cccc(P(c3ccccc3)c3ccccc3)c2Oc2c(P(c3ccccc3)c3ccccc3)cccc21.c1cncc(COCCC2CCNCC2)c1. The molecule has 15 rings (SSSR count). The van der Waals surface area contributed by atoms with Gasteiger partial charge in [-0.15, -0.1) is 0 Å². The van der Waals surface area contributed by atoms with Crippen molar-refractivity contribution >= 4 is 81.5 Å². The molecule has 5 aliphatic rings. The van der Waals surface area contributed by atoms with Gasteiger partial charge in [-0.3, -0.25) is 19.9 Å². The molecule has 0 saturated carbocycles. The summed E-state index contributed by atoms with van der Waals surface area (Å²) in [6.07, 6.45) is 24.8. The second kappa shape index (κ2) is 42.1. The second-order valence-corrected chi connectivity index (χ2v) is 37.6. The smallest absolute Gasteiger partial charge is 0.410 e. The Morgan fingerprint density at radius 2 is 0.913 bits per heavy atom. The summed E-state index contributed by atoms with van der Waals surface area (Å²) in [5.41, 5.74) is 4.66. The number of likely N-dealkylation sites (tertiary alicyclic amines) is 2. The van der Waals surface area contributed by atoms with Crippen LogP contribution in [-0.2, 0) is 37.6 Å². The zero-order chi connectivity index (χ0) is 80.4. The number of halogens is 1. The van der Waals surface area contributed by atoms with E-state index < -0.39 is 27.0 Å². The predicted molar refractivity (Wildman–Crippen MR) is 469 cm³/mol. The van der Waals surface area contributed by atoms with Gasteiger partial charge in [0.15, 0.2) is 0 Å². The number of ether oxygens (including phenoxy) is 7. The minimum absolute atomic E-state index is 0.0274. The topological polar surface area (TPSA) is 172 Å². The van der Waals surface area contributed by atoms with Gasteiger partial charge in [0, 0.05) is 108 Å². The fourth-order valence-corrected chi connectivity index (χ4v) is 20.3. The fraction of sp³-hybridized carbons (Fsp3) is 0.389. The van der Waals surface area contributed by atoms with Gasteiger partial charge in [-0.25, -0.2) is 9.59 Å². The molecule has 0 aliphatic carbocycles. The molecule has 0 unspecified atom stereocenters. The van der Waals surface area contributed by atoms with Crippen molar-refractivity contribution in [2.45, 2.75) is 162 Å². The molecule has 604 valence electrons. The number of amides is 2. The Bertz CT molecular complexity index is 4400. The minimum Gasteiger partial charge on any atom is -0.490 e. The highest BCUT2D eigenvalue weighted by Crippen LogP contribution is 2.52. The van der Waals surface area contributed by atoms with Crippen molar-refractivity contribution in [1.29, 1.82) is 0 Å². The second-order valence-electron chi connectivity index (χ2n) is 32.4. The Morgan fingerprint density at radius 3 is 1.33 bits per heavy atom. The molecule has 9 heterocycles. The van der Waals surface area contributed by atoms with Crippen molar-refractivity contribution in [3.8, 4) is 23.0 Å². The first-order valence-corrected chi connectivity index (χ1v) is 44.2. The number of rotatable bonds is 23. The summed E-state index contributed by atoms with van der Waals surface area (Å²) in [5, 5.41) is 11.2. The van der Waals surface area contributed by atoms with Crippen LogP contribution in [0.3, 0.4) is 0 Å². The molecule has 4 aromatic heterocycles. The zero-order valence-corrected chi connectivity index (χ0v) is 71.4. The number of carbonyl (C=O) groups is 2. The van der Waals surface area contributed by atoms with Gasteiger partial charge >= 0.3 is 12.2 Å². The summed E-state index contributed by atoms with van der Waals surface area (Å²) >= 11 is 3.36. The number of hydrogen-bond acceptors (Lipinski definition) is 15. The first-order chi connectivity index (χ1) is 55.8. The lowest BCUT2D eigenvalue weighted by Gasteiger charge is -2.38. The van der Waals surface area contributed by atoms with Gasteiger partial charge in [0.1, 0.15) is 47.4 Å². The van der Waals surface area contributed by atoms with E-state index in [-0.39, 0.29) is 29.7 Å². The Kier molecular flexibility index (Phi) is 31.2. The van der Waals surface area contributed by atoms with Crippen molar-refractivity contribution in [1.82, 2.24) is 35.1 Å². The maximum Gasteiger partial charge on any atom is 0.410 e. The highest BCUT2D eigenvalue weighted by molar-refractivity contribution is 9.10. The molecule has 17 nitrogen and oxygen atoms in total. The molecule has 2 amide bonds. The number of carbonyl (C=O) groups excluding carboxylic acids is 2. The van der Waals surface area contributed by atoms with Crippen molar-refractivity contribution in [3.05, 3.63) is 270 Å². The van der Waals surface area contributed by atoms with Crippen LogP contribution in [0.4, 0.5) is 15.3 Å². The lowest BCUT2D eigenvalue weighted by atomic mass is 9.76.